The Balaban J connectivity index is 2.22. The van der Waals surface area contributed by atoms with E-state index in [-0.39, 0.29) is 5.75 Å². The molecule has 3 rings (SSSR count). The molecule has 0 bridgehead atoms. The van der Waals surface area contributed by atoms with E-state index in [0.29, 0.717) is 10.9 Å². The summed E-state index contributed by atoms with van der Waals surface area (Å²) in [6, 6.07) is 15.5. The van der Waals surface area contributed by atoms with Crippen molar-refractivity contribution in [3.05, 3.63) is 54.6 Å². The third kappa shape index (κ3) is 3.42. The van der Waals surface area contributed by atoms with Crippen LogP contribution in [-0.2, 0) is 0 Å². The molecule has 0 amide bonds. The van der Waals surface area contributed by atoms with Crippen molar-refractivity contribution in [1.29, 1.82) is 0 Å². The van der Waals surface area contributed by atoms with Crippen LogP contribution in [0.15, 0.2) is 54.6 Å². The van der Waals surface area contributed by atoms with Gasteiger partial charge in [-0.15, -0.1) is 13.2 Å². The molecule has 3 aromatic rings. The first kappa shape index (κ1) is 16.1. The molecule has 24 heavy (non-hydrogen) atoms. The number of pyridine rings is 1. The van der Waals surface area contributed by atoms with Gasteiger partial charge in [0.15, 0.2) is 0 Å². The number of benzene rings is 2. The maximum atomic E-state index is 12.5. The molecule has 0 saturated heterocycles. The van der Waals surface area contributed by atoms with Crippen LogP contribution >= 0.6 is 0 Å². The van der Waals surface area contributed by atoms with Crippen LogP contribution in [-0.4, -0.2) is 25.4 Å². The van der Waals surface area contributed by atoms with E-state index in [1.54, 1.807) is 0 Å². The van der Waals surface area contributed by atoms with Gasteiger partial charge in [-0.05, 0) is 35.4 Å². The minimum Gasteiger partial charge on any atom is -0.406 e. The van der Waals surface area contributed by atoms with Crippen molar-refractivity contribution >= 4 is 16.7 Å². The summed E-state index contributed by atoms with van der Waals surface area (Å²) in [5, 5.41) is 0.605. The maximum absolute atomic E-state index is 12.5. The quantitative estimate of drug-likeness (QED) is 0.684. The van der Waals surface area contributed by atoms with Crippen LogP contribution in [0.4, 0.5) is 19.0 Å². The summed E-state index contributed by atoms with van der Waals surface area (Å²) < 4.78 is 41.5. The molecular weight excluding hydrogens is 317 g/mol. The van der Waals surface area contributed by atoms with Crippen LogP contribution in [0.1, 0.15) is 0 Å². The van der Waals surface area contributed by atoms with Crippen molar-refractivity contribution in [2.45, 2.75) is 6.36 Å². The summed E-state index contributed by atoms with van der Waals surface area (Å²) in [5.41, 5.74) is 2.31. The normalized spacial score (nSPS) is 11.5. The molecule has 1 heterocycles. The number of rotatable bonds is 3. The summed E-state index contributed by atoms with van der Waals surface area (Å²) in [7, 11) is 3.73. The fourth-order valence-corrected chi connectivity index (χ4v) is 2.47. The van der Waals surface area contributed by atoms with Gasteiger partial charge in [0, 0.05) is 19.5 Å². The predicted molar refractivity (Wildman–Crippen MR) is 88.2 cm³/mol. The minimum atomic E-state index is -4.72. The second-order valence-electron chi connectivity index (χ2n) is 5.52. The van der Waals surface area contributed by atoms with E-state index in [2.05, 4.69) is 9.72 Å². The lowest BCUT2D eigenvalue weighted by Crippen LogP contribution is -2.17. The molecule has 0 radical (unpaired) electrons. The highest BCUT2D eigenvalue weighted by molar-refractivity contribution is 5.96. The number of anilines is 1. The van der Waals surface area contributed by atoms with Gasteiger partial charge in [0.1, 0.15) is 11.6 Å². The Hall–Kier alpha value is -2.76. The van der Waals surface area contributed by atoms with Crippen molar-refractivity contribution in [2.24, 2.45) is 0 Å². The summed E-state index contributed by atoms with van der Waals surface area (Å²) >= 11 is 0. The van der Waals surface area contributed by atoms with Gasteiger partial charge in [0.25, 0.3) is 0 Å². The SMILES string of the molecule is CN(C)c1cc(-c2ccccc2)c2cc(OC(F)(F)F)ccc2n1. The van der Waals surface area contributed by atoms with Crippen molar-refractivity contribution < 1.29 is 17.9 Å². The van der Waals surface area contributed by atoms with Crippen molar-refractivity contribution in [3.63, 3.8) is 0 Å². The molecule has 0 N–H and O–H groups in total. The lowest BCUT2D eigenvalue weighted by Gasteiger charge is -2.16. The Morgan fingerprint density at radius 1 is 0.958 bits per heavy atom. The molecule has 3 nitrogen and oxygen atoms in total. The number of alkyl halides is 3. The molecule has 0 saturated carbocycles. The molecule has 0 spiro atoms. The number of fused-ring (bicyclic) bond motifs is 1. The topological polar surface area (TPSA) is 25.4 Å². The van der Waals surface area contributed by atoms with Gasteiger partial charge in [0.05, 0.1) is 5.52 Å². The van der Waals surface area contributed by atoms with E-state index in [1.807, 2.05) is 55.4 Å². The molecule has 0 aliphatic heterocycles. The molecule has 0 fully saturated rings. The third-order valence-corrected chi connectivity index (χ3v) is 3.54. The number of hydrogen-bond acceptors (Lipinski definition) is 3. The number of hydrogen-bond donors (Lipinski definition) is 0. The molecule has 0 aliphatic carbocycles. The number of aromatic nitrogens is 1. The molecule has 6 heteroatoms. The Morgan fingerprint density at radius 2 is 1.67 bits per heavy atom. The second-order valence-corrected chi connectivity index (χ2v) is 5.52. The van der Waals surface area contributed by atoms with Crippen LogP contribution in [0, 0.1) is 0 Å². The zero-order valence-corrected chi connectivity index (χ0v) is 13.1. The number of nitrogens with zero attached hydrogens (tertiary/aromatic N) is 2. The fraction of sp³-hybridized carbons (Fsp3) is 0.167. The molecule has 1 aromatic heterocycles. The molecular formula is C18H15F3N2O. The Kier molecular flexibility index (Phi) is 4.05. The zero-order valence-electron chi connectivity index (χ0n) is 13.1. The first-order chi connectivity index (χ1) is 11.3. The fourth-order valence-electron chi connectivity index (χ4n) is 2.47. The number of halogens is 3. The summed E-state index contributed by atoms with van der Waals surface area (Å²) in [4.78, 5) is 6.34. The lowest BCUT2D eigenvalue weighted by molar-refractivity contribution is -0.274. The van der Waals surface area contributed by atoms with Gasteiger partial charge < -0.3 is 9.64 Å². The highest BCUT2D eigenvalue weighted by Gasteiger charge is 2.31. The second kappa shape index (κ2) is 6.03. The van der Waals surface area contributed by atoms with Gasteiger partial charge in [-0.25, -0.2) is 4.98 Å². The van der Waals surface area contributed by atoms with Crippen LogP contribution in [0.2, 0.25) is 0 Å². The van der Waals surface area contributed by atoms with E-state index in [1.165, 1.54) is 18.2 Å². The average Bonchev–Trinajstić information content (AvgIpc) is 2.53. The minimum absolute atomic E-state index is 0.258. The standard InChI is InChI=1S/C18H15F3N2O/c1-23(2)17-11-14(12-6-4-3-5-7-12)15-10-13(24-18(19,20)21)8-9-16(15)22-17/h3-11H,1-2H3. The van der Waals surface area contributed by atoms with Crippen LogP contribution < -0.4 is 9.64 Å². The predicted octanol–water partition coefficient (Wildman–Crippen LogP) is 4.87. The van der Waals surface area contributed by atoms with E-state index in [9.17, 15) is 13.2 Å². The highest BCUT2D eigenvalue weighted by atomic mass is 19.4. The summed E-state index contributed by atoms with van der Waals surface area (Å²) in [6.07, 6.45) is -4.72. The Morgan fingerprint density at radius 3 is 2.29 bits per heavy atom. The Labute approximate surface area is 137 Å². The molecule has 0 aliphatic rings. The van der Waals surface area contributed by atoms with Crippen LogP contribution in [0.25, 0.3) is 22.0 Å². The van der Waals surface area contributed by atoms with Crippen molar-refractivity contribution in [1.82, 2.24) is 4.98 Å². The first-order valence-electron chi connectivity index (χ1n) is 7.27. The highest BCUT2D eigenvalue weighted by Crippen LogP contribution is 2.34. The van der Waals surface area contributed by atoms with Gasteiger partial charge in [-0.1, -0.05) is 30.3 Å². The van der Waals surface area contributed by atoms with Crippen LogP contribution in [0.5, 0.6) is 5.75 Å². The van der Waals surface area contributed by atoms with E-state index in [4.69, 9.17) is 0 Å². The molecule has 124 valence electrons. The van der Waals surface area contributed by atoms with Gasteiger partial charge in [-0.2, -0.15) is 0 Å². The summed E-state index contributed by atoms with van der Waals surface area (Å²) in [5.74, 6) is 0.470. The number of ether oxygens (including phenoxy) is 1. The van der Waals surface area contributed by atoms with Gasteiger partial charge >= 0.3 is 6.36 Å². The third-order valence-electron chi connectivity index (χ3n) is 3.54. The molecule has 2 aromatic carbocycles. The zero-order chi connectivity index (χ0) is 17.3. The largest absolute Gasteiger partial charge is 0.573 e. The first-order valence-corrected chi connectivity index (χ1v) is 7.27. The summed E-state index contributed by atoms with van der Waals surface area (Å²) in [6.45, 7) is 0. The molecule has 0 unspecified atom stereocenters. The van der Waals surface area contributed by atoms with Crippen molar-refractivity contribution in [3.8, 4) is 16.9 Å². The monoisotopic (exact) mass is 332 g/mol. The lowest BCUT2D eigenvalue weighted by atomic mass is 10.0. The van der Waals surface area contributed by atoms with E-state index >= 15 is 0 Å². The smallest absolute Gasteiger partial charge is 0.406 e. The van der Waals surface area contributed by atoms with Crippen molar-refractivity contribution in [2.75, 3.05) is 19.0 Å². The average molecular weight is 332 g/mol. The van der Waals surface area contributed by atoms with E-state index < -0.39 is 6.36 Å². The van der Waals surface area contributed by atoms with Gasteiger partial charge in [0.2, 0.25) is 0 Å². The molecule has 0 atom stereocenters. The van der Waals surface area contributed by atoms with Gasteiger partial charge in [-0.3, -0.25) is 0 Å². The van der Waals surface area contributed by atoms with Crippen LogP contribution in [0.3, 0.4) is 0 Å². The van der Waals surface area contributed by atoms with E-state index in [0.717, 1.165) is 16.9 Å². The maximum Gasteiger partial charge on any atom is 0.573 e. The Bertz CT molecular complexity index is 861.